The van der Waals surface area contributed by atoms with E-state index in [0.29, 0.717) is 17.6 Å². The van der Waals surface area contributed by atoms with Crippen LogP contribution in [0.3, 0.4) is 0 Å². The highest BCUT2D eigenvalue weighted by Crippen LogP contribution is 2.42. The molecule has 0 aliphatic heterocycles. The smallest absolute Gasteiger partial charge is 0.238 e. The van der Waals surface area contributed by atoms with Gasteiger partial charge in [0.25, 0.3) is 0 Å². The minimum atomic E-state index is 0.586. The Bertz CT molecular complexity index is 2480. The van der Waals surface area contributed by atoms with Crippen molar-refractivity contribution in [2.24, 2.45) is 0 Å². The molecule has 4 heterocycles. The molecule has 4 aromatic heterocycles. The average molecular weight is 582 g/mol. The van der Waals surface area contributed by atoms with Gasteiger partial charge in [0.1, 0.15) is 4.83 Å². The van der Waals surface area contributed by atoms with Gasteiger partial charge in [0.15, 0.2) is 11.6 Å². The monoisotopic (exact) mass is 581 g/mol. The van der Waals surface area contributed by atoms with E-state index in [-0.39, 0.29) is 0 Å². The first-order chi connectivity index (χ1) is 21.8. The van der Waals surface area contributed by atoms with Crippen LogP contribution in [0.25, 0.3) is 82.0 Å². The number of nitrogens with zero attached hydrogens (tertiary/aromatic N) is 5. The zero-order valence-corrected chi connectivity index (χ0v) is 24.2. The van der Waals surface area contributed by atoms with E-state index in [0.717, 1.165) is 48.7 Å². The molecule has 5 nitrogen and oxygen atoms in total. The summed E-state index contributed by atoms with van der Waals surface area (Å²) in [4.78, 5) is 21.0. The molecule has 0 bridgehead atoms. The lowest BCUT2D eigenvalue weighted by Crippen LogP contribution is -2.06. The molecule has 0 saturated heterocycles. The third kappa shape index (κ3) is 3.92. The Morgan fingerprint density at radius 3 is 1.86 bits per heavy atom. The number of pyridine rings is 1. The van der Waals surface area contributed by atoms with Crippen molar-refractivity contribution in [3.63, 3.8) is 0 Å². The topological polar surface area (TPSA) is 56.5 Å². The van der Waals surface area contributed by atoms with Gasteiger partial charge >= 0.3 is 0 Å². The number of thiophene rings is 1. The summed E-state index contributed by atoms with van der Waals surface area (Å²) in [6.07, 6.45) is 1.86. The molecule has 0 atom stereocenters. The molecule has 0 fully saturated rings. The van der Waals surface area contributed by atoms with Crippen molar-refractivity contribution in [1.29, 1.82) is 0 Å². The van der Waals surface area contributed by atoms with Gasteiger partial charge in [-0.15, -0.1) is 11.3 Å². The summed E-state index contributed by atoms with van der Waals surface area (Å²) in [5.41, 5.74) is 6.32. The van der Waals surface area contributed by atoms with Gasteiger partial charge in [-0.25, -0.2) is 9.97 Å². The van der Waals surface area contributed by atoms with Gasteiger partial charge in [-0.05, 0) is 35.4 Å². The van der Waals surface area contributed by atoms with Crippen LogP contribution in [-0.2, 0) is 0 Å². The summed E-state index contributed by atoms with van der Waals surface area (Å²) >= 11 is 1.71. The van der Waals surface area contributed by atoms with Crippen molar-refractivity contribution in [3.05, 3.63) is 140 Å². The quantitative estimate of drug-likeness (QED) is 0.208. The molecule has 0 amide bonds. The molecule has 0 radical (unpaired) electrons. The number of rotatable bonds is 4. The molecule has 5 aromatic carbocycles. The third-order valence-electron chi connectivity index (χ3n) is 8.15. The number of hydrogen-bond donors (Lipinski definition) is 0. The van der Waals surface area contributed by atoms with Crippen LogP contribution >= 0.6 is 11.3 Å². The van der Waals surface area contributed by atoms with Crippen molar-refractivity contribution in [2.45, 2.75) is 0 Å². The number of para-hydroxylation sites is 1. The maximum atomic E-state index is 5.17. The van der Waals surface area contributed by atoms with E-state index >= 15 is 0 Å². The fourth-order valence-corrected chi connectivity index (χ4v) is 7.16. The molecule has 6 heteroatoms. The molecule has 9 aromatic rings. The van der Waals surface area contributed by atoms with E-state index in [1.165, 1.54) is 15.6 Å². The van der Waals surface area contributed by atoms with Crippen LogP contribution in [0.4, 0.5) is 0 Å². The second-order valence-corrected chi connectivity index (χ2v) is 11.8. The lowest BCUT2D eigenvalue weighted by atomic mass is 10.0. The fraction of sp³-hybridized carbons (Fsp3) is 0. The van der Waals surface area contributed by atoms with Crippen molar-refractivity contribution >= 4 is 53.4 Å². The second kappa shape index (κ2) is 9.93. The van der Waals surface area contributed by atoms with Crippen molar-refractivity contribution in [3.8, 4) is 39.9 Å². The molecule has 44 heavy (non-hydrogen) atoms. The third-order valence-corrected chi connectivity index (χ3v) is 9.23. The first-order valence-corrected chi connectivity index (χ1v) is 15.3. The van der Waals surface area contributed by atoms with E-state index < -0.39 is 0 Å². The molecule has 0 aliphatic carbocycles. The molecule has 0 unspecified atom stereocenters. The second-order valence-electron chi connectivity index (χ2n) is 10.7. The lowest BCUT2D eigenvalue weighted by molar-refractivity contribution is 0.955. The Hall–Kier alpha value is -5.72. The Balaban J connectivity index is 1.34. The van der Waals surface area contributed by atoms with Crippen molar-refractivity contribution in [1.82, 2.24) is 24.5 Å². The van der Waals surface area contributed by atoms with E-state index in [4.69, 9.17) is 15.0 Å². The Morgan fingerprint density at radius 2 is 1.09 bits per heavy atom. The summed E-state index contributed by atoms with van der Waals surface area (Å²) in [6, 6.07) is 46.1. The summed E-state index contributed by atoms with van der Waals surface area (Å²) < 4.78 is 3.39. The van der Waals surface area contributed by atoms with Crippen LogP contribution in [0.2, 0.25) is 0 Å². The van der Waals surface area contributed by atoms with Gasteiger partial charge in [0.2, 0.25) is 5.95 Å². The summed E-state index contributed by atoms with van der Waals surface area (Å²) in [5, 5.41) is 4.62. The van der Waals surface area contributed by atoms with E-state index in [9.17, 15) is 0 Å². The largest absolute Gasteiger partial charge is 0.277 e. The van der Waals surface area contributed by atoms with Crippen LogP contribution in [0.15, 0.2) is 140 Å². The molecular weight excluding hydrogens is 559 g/mol. The van der Waals surface area contributed by atoms with Crippen LogP contribution in [0.1, 0.15) is 0 Å². The average Bonchev–Trinajstić information content (AvgIpc) is 3.65. The van der Waals surface area contributed by atoms with Crippen LogP contribution in [0.5, 0.6) is 0 Å². The summed E-state index contributed by atoms with van der Waals surface area (Å²) in [6.45, 7) is 0. The van der Waals surface area contributed by atoms with Crippen LogP contribution in [-0.4, -0.2) is 24.5 Å². The Morgan fingerprint density at radius 1 is 0.477 bits per heavy atom. The Labute approximate surface area is 256 Å². The highest BCUT2D eigenvalue weighted by Gasteiger charge is 2.21. The van der Waals surface area contributed by atoms with Crippen molar-refractivity contribution < 1.29 is 0 Å². The standard InChI is InChI=1S/C38H23N5S/c1-3-10-24(11-4-1)25-17-19-27(20-18-25)36-40-35(26-12-5-2-6-13-26)41-38(42-36)43-31-16-8-7-14-28(31)29-21-22-32-33(34(29)43)30-15-9-23-39-37(30)44-32/h1-23H. The molecule has 0 saturated carbocycles. The molecule has 9 rings (SSSR count). The predicted octanol–water partition coefficient (Wildman–Crippen LogP) is 9.73. The molecule has 0 spiro atoms. The SMILES string of the molecule is c1ccc(-c2ccc(-c3nc(-c4ccccc4)nc(-n4c5ccccc5c5ccc6sc7ncccc7c6c54)n3)cc2)cc1. The predicted molar refractivity (Wildman–Crippen MR) is 181 cm³/mol. The molecule has 0 N–H and O–H groups in total. The first-order valence-electron chi connectivity index (χ1n) is 14.5. The lowest BCUT2D eigenvalue weighted by Gasteiger charge is -2.12. The number of fused-ring (bicyclic) bond motifs is 7. The van der Waals surface area contributed by atoms with Gasteiger partial charge in [0.05, 0.1) is 11.0 Å². The minimum absolute atomic E-state index is 0.586. The summed E-state index contributed by atoms with van der Waals surface area (Å²) in [5.74, 6) is 1.85. The molecule has 206 valence electrons. The number of hydrogen-bond acceptors (Lipinski definition) is 5. The highest BCUT2D eigenvalue weighted by atomic mass is 32.1. The van der Waals surface area contributed by atoms with Gasteiger partial charge in [-0.3, -0.25) is 4.57 Å². The number of benzene rings is 5. The van der Waals surface area contributed by atoms with Gasteiger partial charge < -0.3 is 0 Å². The van der Waals surface area contributed by atoms with Gasteiger partial charge in [0, 0.05) is 43.6 Å². The molecule has 0 aliphatic rings. The van der Waals surface area contributed by atoms with E-state index in [1.807, 2.05) is 48.7 Å². The fourth-order valence-electron chi connectivity index (χ4n) is 6.11. The van der Waals surface area contributed by atoms with Crippen LogP contribution < -0.4 is 0 Å². The van der Waals surface area contributed by atoms with Gasteiger partial charge in [-0.1, -0.05) is 109 Å². The minimum Gasteiger partial charge on any atom is -0.277 e. The van der Waals surface area contributed by atoms with Crippen molar-refractivity contribution in [2.75, 3.05) is 0 Å². The first kappa shape index (κ1) is 24.8. The highest BCUT2D eigenvalue weighted by molar-refractivity contribution is 7.25. The van der Waals surface area contributed by atoms with E-state index in [1.54, 1.807) is 11.3 Å². The zero-order valence-electron chi connectivity index (χ0n) is 23.4. The molecular formula is C38H23N5S. The van der Waals surface area contributed by atoms with Crippen LogP contribution in [0, 0.1) is 0 Å². The summed E-state index contributed by atoms with van der Waals surface area (Å²) in [7, 11) is 0. The maximum Gasteiger partial charge on any atom is 0.238 e. The van der Waals surface area contributed by atoms with E-state index in [2.05, 4.69) is 101 Å². The maximum absolute atomic E-state index is 5.17. The van der Waals surface area contributed by atoms with Gasteiger partial charge in [-0.2, -0.15) is 9.97 Å². The number of aromatic nitrogens is 5. The zero-order chi connectivity index (χ0) is 29.0. The normalized spacial score (nSPS) is 11.6. The Kier molecular flexibility index (Phi) is 5.61.